The molecule has 2 aliphatic heterocycles. The Morgan fingerprint density at radius 2 is 1.94 bits per heavy atom. The van der Waals surface area contributed by atoms with E-state index in [4.69, 9.17) is 14.5 Å². The second-order valence-corrected chi connectivity index (χ2v) is 9.03. The number of para-hydroxylation sites is 1. The molecular formula is C25H27N3O3S. The lowest BCUT2D eigenvalue weighted by molar-refractivity contribution is -0.115. The lowest BCUT2D eigenvalue weighted by Gasteiger charge is -2.24. The molecule has 1 amide bonds. The summed E-state index contributed by atoms with van der Waals surface area (Å²) in [5, 5.41) is 2.78. The summed E-state index contributed by atoms with van der Waals surface area (Å²) in [7, 11) is 0. The van der Waals surface area contributed by atoms with Crippen LogP contribution in [0.4, 0.5) is 10.8 Å². The summed E-state index contributed by atoms with van der Waals surface area (Å²) >= 11 is 1.51. The minimum absolute atomic E-state index is 0.0386. The van der Waals surface area contributed by atoms with Crippen molar-refractivity contribution in [2.75, 3.05) is 24.7 Å². The highest BCUT2D eigenvalue weighted by atomic mass is 32.1. The Balaban J connectivity index is 1.34. The average Bonchev–Trinajstić information content (AvgIpc) is 3.38. The minimum Gasteiger partial charge on any atom is -0.490 e. The Bertz CT molecular complexity index is 1090. The largest absolute Gasteiger partial charge is 0.490 e. The molecule has 166 valence electrons. The first-order valence-corrected chi connectivity index (χ1v) is 12.0. The zero-order chi connectivity index (χ0) is 21.9. The zero-order valence-corrected chi connectivity index (χ0v) is 19.0. The van der Waals surface area contributed by atoms with Crippen LogP contribution < -0.4 is 14.4 Å². The van der Waals surface area contributed by atoms with E-state index in [-0.39, 0.29) is 5.91 Å². The van der Waals surface area contributed by atoms with Crippen LogP contribution in [0.15, 0.2) is 53.9 Å². The summed E-state index contributed by atoms with van der Waals surface area (Å²) in [5.74, 6) is 1.65. The molecule has 0 saturated carbocycles. The fraction of sp³-hybridized carbons (Fsp3) is 0.360. The maximum absolute atomic E-state index is 12.3. The molecule has 6 nitrogen and oxygen atoms in total. The summed E-state index contributed by atoms with van der Waals surface area (Å²) in [5.41, 5.74) is 3.09. The van der Waals surface area contributed by atoms with Crippen molar-refractivity contribution in [2.45, 2.75) is 38.8 Å². The molecule has 0 unspecified atom stereocenters. The summed E-state index contributed by atoms with van der Waals surface area (Å²) < 4.78 is 11.7. The predicted molar refractivity (Wildman–Crippen MR) is 126 cm³/mol. The van der Waals surface area contributed by atoms with Crippen LogP contribution >= 0.6 is 11.3 Å². The monoisotopic (exact) mass is 449 g/mol. The summed E-state index contributed by atoms with van der Waals surface area (Å²) in [4.78, 5) is 21.3. The Kier molecular flexibility index (Phi) is 6.10. The van der Waals surface area contributed by atoms with Crippen molar-refractivity contribution in [3.05, 3.63) is 65.2 Å². The molecule has 32 heavy (non-hydrogen) atoms. The highest BCUT2D eigenvalue weighted by Crippen LogP contribution is 2.39. The topological polar surface area (TPSA) is 54.9 Å². The molecule has 1 fully saturated rings. The van der Waals surface area contributed by atoms with Gasteiger partial charge in [0.25, 0.3) is 0 Å². The Hall–Kier alpha value is -2.90. The number of hydrogen-bond acceptors (Lipinski definition) is 6. The number of hydrogen-bond donors (Lipinski definition) is 0. The van der Waals surface area contributed by atoms with Crippen molar-refractivity contribution >= 4 is 28.1 Å². The fourth-order valence-electron chi connectivity index (χ4n) is 4.46. The standard InChI is InChI=1S/C25H27N3O3S/c1-18(29)28(21-7-3-2-4-8-21)25-26-20(17-32-25)16-27-12-5-9-22(27)19-10-11-23-24(15-19)31-14-6-13-30-23/h2-4,7-8,10-11,15,17,22H,5-6,9,12-14,16H2,1H3/t22-/m1/s1. The van der Waals surface area contributed by atoms with Gasteiger partial charge in [-0.1, -0.05) is 24.3 Å². The number of nitrogens with zero attached hydrogens (tertiary/aromatic N) is 3. The first kappa shape index (κ1) is 21.0. The number of anilines is 2. The summed E-state index contributed by atoms with van der Waals surface area (Å²) in [6, 6.07) is 16.4. The van der Waals surface area contributed by atoms with Crippen LogP contribution in [-0.4, -0.2) is 35.5 Å². The molecule has 2 aromatic carbocycles. The number of ether oxygens (including phenoxy) is 2. The summed E-state index contributed by atoms with van der Waals surface area (Å²) in [6.45, 7) is 4.76. The Morgan fingerprint density at radius 1 is 1.12 bits per heavy atom. The molecule has 0 aliphatic carbocycles. The van der Waals surface area contributed by atoms with Crippen LogP contribution in [0.1, 0.15) is 43.5 Å². The lowest BCUT2D eigenvalue weighted by atomic mass is 10.0. The molecule has 2 aliphatic rings. The van der Waals surface area contributed by atoms with Crippen molar-refractivity contribution in [3.63, 3.8) is 0 Å². The van der Waals surface area contributed by atoms with Gasteiger partial charge in [0, 0.05) is 31.3 Å². The zero-order valence-electron chi connectivity index (χ0n) is 18.2. The average molecular weight is 450 g/mol. The number of carbonyl (C=O) groups is 1. The van der Waals surface area contributed by atoms with Crippen LogP contribution in [0, 0.1) is 0 Å². The molecule has 0 spiro atoms. The van der Waals surface area contributed by atoms with Crippen molar-refractivity contribution in [1.82, 2.24) is 9.88 Å². The SMILES string of the molecule is CC(=O)N(c1ccccc1)c1nc(CN2CCC[C@@H]2c2ccc3c(c2)OCCCO3)cs1. The van der Waals surface area contributed by atoms with Gasteiger partial charge in [0.2, 0.25) is 5.91 Å². The number of likely N-dealkylation sites (tertiary alicyclic amines) is 1. The van der Waals surface area contributed by atoms with Gasteiger partial charge >= 0.3 is 0 Å². The molecule has 0 radical (unpaired) electrons. The van der Waals surface area contributed by atoms with Crippen molar-refractivity contribution in [3.8, 4) is 11.5 Å². The third-order valence-electron chi connectivity index (χ3n) is 5.95. The molecule has 5 rings (SSSR count). The predicted octanol–water partition coefficient (Wildman–Crippen LogP) is 5.33. The molecule has 0 N–H and O–H groups in total. The molecule has 1 atom stereocenters. The van der Waals surface area contributed by atoms with Crippen molar-refractivity contribution in [1.29, 1.82) is 0 Å². The maximum atomic E-state index is 12.3. The smallest absolute Gasteiger partial charge is 0.230 e. The molecule has 1 aromatic heterocycles. The van der Waals surface area contributed by atoms with Gasteiger partial charge in [-0.15, -0.1) is 11.3 Å². The van der Waals surface area contributed by atoms with E-state index in [0.717, 1.165) is 55.2 Å². The highest BCUT2D eigenvalue weighted by Gasteiger charge is 2.28. The van der Waals surface area contributed by atoms with Gasteiger partial charge in [0.05, 0.1) is 24.6 Å². The van der Waals surface area contributed by atoms with Crippen molar-refractivity contribution in [2.24, 2.45) is 0 Å². The lowest BCUT2D eigenvalue weighted by Crippen LogP contribution is -2.24. The molecule has 3 aromatic rings. The number of benzene rings is 2. The van der Waals surface area contributed by atoms with E-state index in [2.05, 4.69) is 22.4 Å². The number of carbonyl (C=O) groups excluding carboxylic acids is 1. The Labute approximate surface area is 192 Å². The third kappa shape index (κ3) is 4.36. The quantitative estimate of drug-likeness (QED) is 0.527. The number of amides is 1. The second kappa shape index (κ2) is 9.30. The van der Waals surface area contributed by atoms with E-state index < -0.39 is 0 Å². The molecule has 7 heteroatoms. The van der Waals surface area contributed by atoms with Gasteiger partial charge in [0.1, 0.15) is 0 Å². The first-order valence-electron chi connectivity index (χ1n) is 11.1. The van der Waals surface area contributed by atoms with Gasteiger partial charge in [-0.2, -0.15) is 0 Å². The Morgan fingerprint density at radius 3 is 2.75 bits per heavy atom. The number of thiazole rings is 1. The van der Waals surface area contributed by atoms with Crippen molar-refractivity contribution < 1.29 is 14.3 Å². The summed E-state index contributed by atoms with van der Waals surface area (Å²) in [6.07, 6.45) is 3.17. The van der Waals surface area contributed by atoms with E-state index in [0.29, 0.717) is 24.4 Å². The van der Waals surface area contributed by atoms with Crippen LogP contribution in [-0.2, 0) is 11.3 Å². The van der Waals surface area contributed by atoms with E-state index in [1.807, 2.05) is 36.4 Å². The molecule has 3 heterocycles. The molecule has 1 saturated heterocycles. The van der Waals surface area contributed by atoms with E-state index in [1.54, 1.807) is 11.8 Å². The van der Waals surface area contributed by atoms with Crippen LogP contribution in [0.2, 0.25) is 0 Å². The van der Waals surface area contributed by atoms with E-state index in [1.165, 1.54) is 16.9 Å². The van der Waals surface area contributed by atoms with Gasteiger partial charge in [-0.05, 0) is 49.2 Å². The number of rotatable bonds is 5. The van der Waals surface area contributed by atoms with Gasteiger partial charge in [-0.25, -0.2) is 4.98 Å². The normalized spacial score (nSPS) is 18.3. The molecule has 0 bridgehead atoms. The van der Waals surface area contributed by atoms with Crippen LogP contribution in [0.3, 0.4) is 0 Å². The first-order chi connectivity index (χ1) is 15.7. The number of fused-ring (bicyclic) bond motifs is 1. The second-order valence-electron chi connectivity index (χ2n) is 8.20. The van der Waals surface area contributed by atoms with E-state index >= 15 is 0 Å². The van der Waals surface area contributed by atoms with Crippen LogP contribution in [0.25, 0.3) is 0 Å². The molecular weight excluding hydrogens is 422 g/mol. The maximum Gasteiger partial charge on any atom is 0.230 e. The highest BCUT2D eigenvalue weighted by molar-refractivity contribution is 7.14. The van der Waals surface area contributed by atoms with Gasteiger partial charge < -0.3 is 9.47 Å². The van der Waals surface area contributed by atoms with E-state index in [9.17, 15) is 4.79 Å². The number of aromatic nitrogens is 1. The third-order valence-corrected chi connectivity index (χ3v) is 6.82. The fourth-order valence-corrected chi connectivity index (χ4v) is 5.34. The van der Waals surface area contributed by atoms with Gasteiger partial charge in [-0.3, -0.25) is 14.6 Å². The minimum atomic E-state index is -0.0386. The van der Waals surface area contributed by atoms with Gasteiger partial charge in [0.15, 0.2) is 16.6 Å². The van der Waals surface area contributed by atoms with Crippen LogP contribution in [0.5, 0.6) is 11.5 Å².